The predicted molar refractivity (Wildman–Crippen MR) is 97.3 cm³/mol. The van der Waals surface area contributed by atoms with Gasteiger partial charge in [-0.25, -0.2) is 0 Å². The number of rotatable bonds is 4. The van der Waals surface area contributed by atoms with Crippen LogP contribution < -0.4 is 10.6 Å². The number of carbonyl (C=O) groups excluding carboxylic acids is 2. The molecule has 1 aromatic rings. The second-order valence-electron chi connectivity index (χ2n) is 6.26. The van der Waals surface area contributed by atoms with E-state index >= 15 is 0 Å². The van der Waals surface area contributed by atoms with E-state index in [2.05, 4.69) is 10.6 Å². The number of nitrogens with zero attached hydrogens (tertiary/aromatic N) is 1. The smallest absolute Gasteiger partial charge is 0.255 e. The molecule has 0 saturated carbocycles. The monoisotopic (exact) mass is 367 g/mol. The molecule has 0 aliphatic carbocycles. The fraction of sp³-hybridized carbons (Fsp3) is 0.529. The molecule has 24 heavy (non-hydrogen) atoms. The summed E-state index contributed by atoms with van der Waals surface area (Å²) in [5, 5.41) is 6.98. The normalized spacial score (nSPS) is 24.0. The van der Waals surface area contributed by atoms with Gasteiger partial charge in [0.1, 0.15) is 6.04 Å². The Labute approximate surface area is 151 Å². The lowest BCUT2D eigenvalue weighted by Crippen LogP contribution is -2.49. The first-order valence-corrected chi connectivity index (χ1v) is 9.81. The molecule has 2 amide bonds. The van der Waals surface area contributed by atoms with Crippen molar-refractivity contribution >= 4 is 35.2 Å². The Morgan fingerprint density at radius 1 is 1.33 bits per heavy atom. The fourth-order valence-corrected chi connectivity index (χ4v) is 4.36. The summed E-state index contributed by atoms with van der Waals surface area (Å²) in [6.45, 7) is 2.69. The van der Waals surface area contributed by atoms with Crippen molar-refractivity contribution in [1.82, 2.24) is 15.5 Å². The maximum absolute atomic E-state index is 12.7. The number of nitrogens with one attached hydrogen (secondary N) is 2. The third-order valence-electron chi connectivity index (χ3n) is 4.50. The Morgan fingerprint density at radius 2 is 2.12 bits per heavy atom. The van der Waals surface area contributed by atoms with Crippen molar-refractivity contribution in [3.63, 3.8) is 0 Å². The summed E-state index contributed by atoms with van der Waals surface area (Å²) in [6.07, 6.45) is 2.29. The van der Waals surface area contributed by atoms with E-state index in [9.17, 15) is 9.59 Å². The van der Waals surface area contributed by atoms with E-state index in [0.717, 1.165) is 25.9 Å². The molecule has 0 bridgehead atoms. The first-order chi connectivity index (χ1) is 11.6. The van der Waals surface area contributed by atoms with Gasteiger partial charge in [-0.2, -0.15) is 0 Å². The van der Waals surface area contributed by atoms with Crippen molar-refractivity contribution in [3.05, 3.63) is 34.9 Å². The van der Waals surface area contributed by atoms with E-state index in [1.165, 1.54) is 0 Å². The zero-order chi connectivity index (χ0) is 16.9. The lowest BCUT2D eigenvalue weighted by atomic mass is 10.00. The number of halogens is 1. The van der Waals surface area contributed by atoms with Crippen LogP contribution in [0.25, 0.3) is 0 Å². The van der Waals surface area contributed by atoms with Crippen LogP contribution in [0.3, 0.4) is 0 Å². The van der Waals surface area contributed by atoms with E-state index < -0.39 is 6.04 Å². The minimum absolute atomic E-state index is 0.0483. The SMILES string of the molecule is O=C(NCC1CCCNC1)C1CSCN1C(=O)c1ccc(Cl)cc1. The summed E-state index contributed by atoms with van der Waals surface area (Å²) >= 11 is 7.48. The zero-order valence-electron chi connectivity index (χ0n) is 13.5. The predicted octanol–water partition coefficient (Wildman–Crippen LogP) is 1.97. The third-order valence-corrected chi connectivity index (χ3v) is 5.77. The van der Waals surface area contributed by atoms with Crippen molar-refractivity contribution in [2.24, 2.45) is 5.92 Å². The number of thioether (sulfide) groups is 1. The Balaban J connectivity index is 1.58. The molecule has 2 unspecified atom stereocenters. The average molecular weight is 368 g/mol. The Bertz CT molecular complexity index is 590. The maximum atomic E-state index is 12.7. The minimum Gasteiger partial charge on any atom is -0.354 e. The summed E-state index contributed by atoms with van der Waals surface area (Å²) in [4.78, 5) is 26.8. The minimum atomic E-state index is -0.394. The highest BCUT2D eigenvalue weighted by Crippen LogP contribution is 2.24. The van der Waals surface area contributed by atoms with Crippen molar-refractivity contribution in [1.29, 1.82) is 0 Å². The van der Waals surface area contributed by atoms with Crippen LogP contribution in [0.5, 0.6) is 0 Å². The quantitative estimate of drug-likeness (QED) is 0.854. The summed E-state index contributed by atoms with van der Waals surface area (Å²) in [6, 6.07) is 6.41. The van der Waals surface area contributed by atoms with Crippen LogP contribution in [-0.4, -0.2) is 54.0 Å². The molecule has 2 saturated heterocycles. The topological polar surface area (TPSA) is 61.4 Å². The second kappa shape index (κ2) is 8.23. The van der Waals surface area contributed by atoms with Crippen LogP contribution in [0, 0.1) is 5.92 Å². The van der Waals surface area contributed by atoms with Gasteiger partial charge in [-0.3, -0.25) is 9.59 Å². The van der Waals surface area contributed by atoms with Gasteiger partial charge < -0.3 is 15.5 Å². The lowest BCUT2D eigenvalue weighted by Gasteiger charge is -2.26. The second-order valence-corrected chi connectivity index (χ2v) is 7.69. The molecule has 2 N–H and O–H groups in total. The number of carbonyl (C=O) groups is 2. The molecule has 2 fully saturated rings. The molecule has 2 atom stereocenters. The average Bonchev–Trinajstić information content (AvgIpc) is 3.10. The Morgan fingerprint density at radius 3 is 2.83 bits per heavy atom. The Hall–Kier alpha value is -1.24. The largest absolute Gasteiger partial charge is 0.354 e. The van der Waals surface area contributed by atoms with E-state index in [0.29, 0.717) is 34.7 Å². The number of hydrogen-bond donors (Lipinski definition) is 2. The van der Waals surface area contributed by atoms with E-state index in [1.54, 1.807) is 40.9 Å². The Kier molecular flexibility index (Phi) is 6.03. The highest BCUT2D eigenvalue weighted by Gasteiger charge is 2.35. The molecule has 5 nitrogen and oxygen atoms in total. The fourth-order valence-electron chi connectivity index (χ4n) is 3.08. The molecular formula is C17H22ClN3O2S. The van der Waals surface area contributed by atoms with Gasteiger partial charge in [-0.15, -0.1) is 11.8 Å². The highest BCUT2D eigenvalue weighted by molar-refractivity contribution is 7.99. The van der Waals surface area contributed by atoms with Crippen LogP contribution in [0.4, 0.5) is 0 Å². The molecule has 7 heteroatoms. The van der Waals surface area contributed by atoms with Gasteiger partial charge >= 0.3 is 0 Å². The molecule has 0 aromatic heterocycles. The van der Waals surface area contributed by atoms with Crippen LogP contribution in [0.15, 0.2) is 24.3 Å². The first kappa shape index (κ1) is 17.6. The summed E-state index contributed by atoms with van der Waals surface area (Å²) < 4.78 is 0. The van der Waals surface area contributed by atoms with Gasteiger partial charge in [0.15, 0.2) is 0 Å². The number of piperidine rings is 1. The molecule has 3 rings (SSSR count). The van der Waals surface area contributed by atoms with Crippen LogP contribution in [0.2, 0.25) is 5.02 Å². The standard InChI is InChI=1S/C17H22ClN3O2S/c18-14-5-3-13(4-6-14)17(23)21-11-24-10-15(21)16(22)20-9-12-2-1-7-19-8-12/h3-6,12,15,19H,1-2,7-11H2,(H,20,22). The number of amides is 2. The van der Waals surface area contributed by atoms with Crippen LogP contribution in [0.1, 0.15) is 23.2 Å². The highest BCUT2D eigenvalue weighted by atomic mass is 35.5. The number of benzene rings is 1. The van der Waals surface area contributed by atoms with E-state index in [4.69, 9.17) is 11.6 Å². The van der Waals surface area contributed by atoms with Crippen LogP contribution >= 0.6 is 23.4 Å². The van der Waals surface area contributed by atoms with Crippen molar-refractivity contribution in [2.45, 2.75) is 18.9 Å². The third kappa shape index (κ3) is 4.23. The molecule has 2 heterocycles. The molecule has 130 valence electrons. The molecule has 0 spiro atoms. The van der Waals surface area contributed by atoms with Gasteiger partial charge in [-0.1, -0.05) is 11.6 Å². The van der Waals surface area contributed by atoms with Gasteiger partial charge in [-0.05, 0) is 56.1 Å². The van der Waals surface area contributed by atoms with Crippen molar-refractivity contribution in [2.75, 3.05) is 31.3 Å². The van der Waals surface area contributed by atoms with Gasteiger partial charge in [0.25, 0.3) is 5.91 Å². The molecule has 1 aromatic carbocycles. The molecular weight excluding hydrogens is 346 g/mol. The van der Waals surface area contributed by atoms with Crippen molar-refractivity contribution < 1.29 is 9.59 Å². The molecule has 2 aliphatic rings. The van der Waals surface area contributed by atoms with E-state index in [1.807, 2.05) is 0 Å². The summed E-state index contributed by atoms with van der Waals surface area (Å²) in [5.74, 6) is 1.51. The summed E-state index contributed by atoms with van der Waals surface area (Å²) in [7, 11) is 0. The van der Waals surface area contributed by atoms with Crippen molar-refractivity contribution in [3.8, 4) is 0 Å². The van der Waals surface area contributed by atoms with Gasteiger partial charge in [0.2, 0.25) is 5.91 Å². The van der Waals surface area contributed by atoms with Gasteiger partial charge in [0, 0.05) is 22.9 Å². The zero-order valence-corrected chi connectivity index (χ0v) is 15.0. The maximum Gasteiger partial charge on any atom is 0.255 e. The van der Waals surface area contributed by atoms with Crippen LogP contribution in [-0.2, 0) is 4.79 Å². The number of hydrogen-bond acceptors (Lipinski definition) is 4. The molecule has 0 radical (unpaired) electrons. The molecule has 2 aliphatic heterocycles. The summed E-state index contributed by atoms with van der Waals surface area (Å²) in [5.41, 5.74) is 0.566. The lowest BCUT2D eigenvalue weighted by molar-refractivity contribution is -0.124. The van der Waals surface area contributed by atoms with E-state index in [-0.39, 0.29) is 11.8 Å². The van der Waals surface area contributed by atoms with Gasteiger partial charge in [0.05, 0.1) is 5.88 Å². The first-order valence-electron chi connectivity index (χ1n) is 8.28.